The van der Waals surface area contributed by atoms with Gasteiger partial charge in [0.2, 0.25) is 5.91 Å². The smallest absolute Gasteiger partial charge is 0.327 e. The van der Waals surface area contributed by atoms with Crippen molar-refractivity contribution in [1.82, 2.24) is 5.32 Å². The first-order valence-corrected chi connectivity index (χ1v) is 5.34. The lowest BCUT2D eigenvalue weighted by molar-refractivity contribution is -0.141. The second kappa shape index (κ2) is 6.50. The first-order valence-electron chi connectivity index (χ1n) is 5.34. The molecule has 1 aromatic rings. The van der Waals surface area contributed by atoms with Crippen LogP contribution in [0.15, 0.2) is 18.2 Å². The van der Waals surface area contributed by atoms with Crippen molar-refractivity contribution in [2.75, 3.05) is 0 Å². The van der Waals surface area contributed by atoms with Crippen LogP contribution >= 0.6 is 0 Å². The van der Waals surface area contributed by atoms with E-state index in [1.165, 1.54) is 6.07 Å². The number of benzene rings is 1. The maximum absolute atomic E-state index is 13.3. The van der Waals surface area contributed by atoms with Crippen LogP contribution in [-0.4, -0.2) is 23.0 Å². The Morgan fingerprint density at radius 1 is 1.37 bits per heavy atom. The minimum Gasteiger partial charge on any atom is -0.480 e. The molecule has 0 aliphatic carbocycles. The van der Waals surface area contributed by atoms with Crippen LogP contribution in [0.3, 0.4) is 0 Å². The number of hydrogen-bond donors (Lipinski definition) is 2. The van der Waals surface area contributed by atoms with Gasteiger partial charge in [0, 0.05) is 12.0 Å². The van der Waals surface area contributed by atoms with Crippen LogP contribution in [0.2, 0.25) is 0 Å². The zero-order chi connectivity index (χ0) is 14.4. The Morgan fingerprint density at radius 3 is 2.42 bits per heavy atom. The molecule has 0 fully saturated rings. The minimum absolute atomic E-state index is 0.208. The number of halogens is 2. The largest absolute Gasteiger partial charge is 0.480 e. The van der Waals surface area contributed by atoms with Crippen molar-refractivity contribution in [3.05, 3.63) is 35.4 Å². The van der Waals surface area contributed by atoms with Crippen molar-refractivity contribution in [3.63, 3.8) is 0 Å². The molecule has 1 atom stereocenters. The number of carboxylic acids is 1. The van der Waals surface area contributed by atoms with Crippen LogP contribution in [0.5, 0.6) is 0 Å². The van der Waals surface area contributed by atoms with Crippen LogP contribution in [-0.2, 0) is 16.0 Å². The summed E-state index contributed by atoms with van der Waals surface area (Å²) in [5.74, 6) is -1.75. The molecule has 1 amide bonds. The number of terminal acetylenes is 1. The van der Waals surface area contributed by atoms with Gasteiger partial charge in [-0.15, -0.1) is 12.3 Å². The molecule has 0 aliphatic rings. The van der Waals surface area contributed by atoms with Gasteiger partial charge in [0.1, 0.15) is 17.7 Å². The lowest BCUT2D eigenvalue weighted by atomic mass is 10.1. The van der Waals surface area contributed by atoms with E-state index in [4.69, 9.17) is 11.5 Å². The highest BCUT2D eigenvalue weighted by atomic mass is 19.1. The summed E-state index contributed by atoms with van der Waals surface area (Å²) in [4.78, 5) is 22.3. The van der Waals surface area contributed by atoms with E-state index >= 15 is 0 Å². The Morgan fingerprint density at radius 2 is 1.95 bits per heavy atom. The van der Waals surface area contributed by atoms with Gasteiger partial charge in [-0.2, -0.15) is 0 Å². The first kappa shape index (κ1) is 14.6. The average molecular weight is 267 g/mol. The Kier molecular flexibility index (Phi) is 5.01. The average Bonchev–Trinajstić information content (AvgIpc) is 2.33. The van der Waals surface area contributed by atoms with Gasteiger partial charge in [-0.05, 0) is 12.1 Å². The molecule has 19 heavy (non-hydrogen) atoms. The van der Waals surface area contributed by atoms with Crippen LogP contribution < -0.4 is 5.32 Å². The number of nitrogens with one attached hydrogen (secondary N) is 1. The van der Waals surface area contributed by atoms with Crippen LogP contribution in [0.25, 0.3) is 0 Å². The molecule has 0 bridgehead atoms. The second-order valence-corrected chi connectivity index (χ2v) is 3.74. The normalized spacial score (nSPS) is 11.4. The molecule has 0 aromatic heterocycles. The molecule has 0 aliphatic heterocycles. The summed E-state index contributed by atoms with van der Waals surface area (Å²) < 4.78 is 26.6. The van der Waals surface area contributed by atoms with Gasteiger partial charge in [-0.25, -0.2) is 13.6 Å². The quantitative estimate of drug-likeness (QED) is 0.785. The van der Waals surface area contributed by atoms with Crippen LogP contribution in [0, 0.1) is 24.0 Å². The molecule has 1 rings (SSSR count). The summed E-state index contributed by atoms with van der Waals surface area (Å²) in [6, 6.07) is 1.93. The Hall–Kier alpha value is -2.42. The third-order valence-electron chi connectivity index (χ3n) is 2.35. The van der Waals surface area contributed by atoms with Crippen LogP contribution in [0.4, 0.5) is 8.78 Å². The van der Waals surface area contributed by atoms with Gasteiger partial charge in [0.05, 0.1) is 6.42 Å². The highest BCUT2D eigenvalue weighted by Crippen LogP contribution is 2.12. The third kappa shape index (κ3) is 4.07. The van der Waals surface area contributed by atoms with E-state index in [9.17, 15) is 18.4 Å². The lowest BCUT2D eigenvalue weighted by Crippen LogP contribution is -2.41. The van der Waals surface area contributed by atoms with Gasteiger partial charge in [-0.1, -0.05) is 6.07 Å². The number of carbonyl (C=O) groups excluding carboxylic acids is 1. The SMILES string of the molecule is C#CC[C@H](NC(=O)Cc1c(F)cccc1F)C(=O)O. The van der Waals surface area contributed by atoms with Gasteiger partial charge in [-0.3, -0.25) is 4.79 Å². The zero-order valence-electron chi connectivity index (χ0n) is 9.82. The molecule has 2 N–H and O–H groups in total. The molecule has 1 aromatic carbocycles. The Labute approximate surface area is 108 Å². The second-order valence-electron chi connectivity index (χ2n) is 3.74. The summed E-state index contributed by atoms with van der Waals surface area (Å²) in [6.07, 6.45) is 4.16. The van der Waals surface area contributed by atoms with Crippen molar-refractivity contribution in [3.8, 4) is 12.3 Å². The first-order chi connectivity index (χ1) is 8.95. The van der Waals surface area contributed by atoms with Crippen molar-refractivity contribution >= 4 is 11.9 Å². The molecule has 0 heterocycles. The van der Waals surface area contributed by atoms with E-state index in [0.29, 0.717) is 0 Å². The molecule has 6 heteroatoms. The fraction of sp³-hybridized carbons (Fsp3) is 0.231. The fourth-order valence-electron chi connectivity index (χ4n) is 1.43. The topological polar surface area (TPSA) is 66.4 Å². The van der Waals surface area contributed by atoms with Crippen LogP contribution in [0.1, 0.15) is 12.0 Å². The highest BCUT2D eigenvalue weighted by molar-refractivity contribution is 5.85. The molecule has 0 saturated carbocycles. The van der Waals surface area contributed by atoms with E-state index in [0.717, 1.165) is 12.1 Å². The number of rotatable bonds is 5. The van der Waals surface area contributed by atoms with Gasteiger partial charge < -0.3 is 10.4 Å². The molecule has 0 saturated heterocycles. The van der Waals surface area contributed by atoms with Crippen molar-refractivity contribution in [2.24, 2.45) is 0 Å². The Bertz CT molecular complexity index is 517. The monoisotopic (exact) mass is 267 g/mol. The third-order valence-corrected chi connectivity index (χ3v) is 2.35. The van der Waals surface area contributed by atoms with E-state index in [-0.39, 0.29) is 6.42 Å². The summed E-state index contributed by atoms with van der Waals surface area (Å²) >= 11 is 0. The molecular formula is C13H11F2NO3. The molecule has 0 radical (unpaired) electrons. The van der Waals surface area contributed by atoms with E-state index in [1.807, 2.05) is 0 Å². The van der Waals surface area contributed by atoms with Crippen molar-refractivity contribution < 1.29 is 23.5 Å². The highest BCUT2D eigenvalue weighted by Gasteiger charge is 2.20. The zero-order valence-corrected chi connectivity index (χ0v) is 9.82. The maximum atomic E-state index is 13.3. The number of carbonyl (C=O) groups is 2. The van der Waals surface area contributed by atoms with Gasteiger partial charge in [0.25, 0.3) is 0 Å². The Balaban J connectivity index is 2.75. The predicted octanol–water partition coefficient (Wildman–Crippen LogP) is 1.10. The van der Waals surface area contributed by atoms with Crippen molar-refractivity contribution in [2.45, 2.75) is 18.9 Å². The minimum atomic E-state index is -1.31. The summed E-state index contributed by atoms with van der Waals surface area (Å²) in [7, 11) is 0. The number of amides is 1. The number of carboxylic acid groups (broad SMARTS) is 1. The summed E-state index contributed by atoms with van der Waals surface area (Å²) in [6.45, 7) is 0. The molecular weight excluding hydrogens is 256 g/mol. The lowest BCUT2D eigenvalue weighted by Gasteiger charge is -2.12. The van der Waals surface area contributed by atoms with Crippen molar-refractivity contribution in [1.29, 1.82) is 0 Å². The van der Waals surface area contributed by atoms with E-state index in [1.54, 1.807) is 0 Å². The molecule has 4 nitrogen and oxygen atoms in total. The fourth-order valence-corrected chi connectivity index (χ4v) is 1.43. The van der Waals surface area contributed by atoms with E-state index < -0.39 is 41.5 Å². The number of hydrogen-bond acceptors (Lipinski definition) is 2. The van der Waals surface area contributed by atoms with E-state index in [2.05, 4.69) is 11.2 Å². The number of aliphatic carboxylic acids is 1. The molecule has 0 spiro atoms. The summed E-state index contributed by atoms with van der Waals surface area (Å²) in [5.41, 5.74) is -0.412. The standard InChI is InChI=1S/C13H11F2NO3/c1-2-4-11(13(18)19)16-12(17)7-8-9(14)5-3-6-10(8)15/h1,3,5-6,11H,4,7H2,(H,16,17)(H,18,19)/t11-/m0/s1. The van der Waals surface area contributed by atoms with Gasteiger partial charge in [0.15, 0.2) is 0 Å². The maximum Gasteiger partial charge on any atom is 0.327 e. The molecule has 0 unspecified atom stereocenters. The predicted molar refractivity (Wildman–Crippen MR) is 63.1 cm³/mol. The molecule has 100 valence electrons. The van der Waals surface area contributed by atoms with Gasteiger partial charge >= 0.3 is 5.97 Å². The summed E-state index contributed by atoms with van der Waals surface area (Å²) in [5, 5.41) is 10.9.